The summed E-state index contributed by atoms with van der Waals surface area (Å²) in [5, 5.41) is 3.30. The number of unbranched alkanes of at least 4 members (excludes halogenated alkanes) is 2. The van der Waals surface area contributed by atoms with Gasteiger partial charge >= 0.3 is 0 Å². The van der Waals surface area contributed by atoms with Gasteiger partial charge < -0.3 is 10.2 Å². The van der Waals surface area contributed by atoms with E-state index < -0.39 is 0 Å². The molecule has 0 aliphatic rings. The molecule has 0 aliphatic heterocycles. The highest BCUT2D eigenvalue weighted by atomic mass is 15.1. The average molecular weight is 184 g/mol. The first kappa shape index (κ1) is 12.7. The molecule has 0 bridgehead atoms. The maximum absolute atomic E-state index is 3.66. The van der Waals surface area contributed by atoms with Crippen LogP contribution in [0.15, 0.2) is 12.7 Å². The van der Waals surface area contributed by atoms with Crippen LogP contribution in [0.1, 0.15) is 26.2 Å². The van der Waals surface area contributed by atoms with Gasteiger partial charge in [-0.3, -0.25) is 0 Å². The molecule has 0 saturated heterocycles. The predicted octanol–water partition coefficient (Wildman–Crippen LogP) is 1.88. The molecule has 2 nitrogen and oxygen atoms in total. The summed E-state index contributed by atoms with van der Waals surface area (Å²) in [7, 11) is 2.19. The predicted molar refractivity (Wildman–Crippen MR) is 60.1 cm³/mol. The minimum absolute atomic E-state index is 0.919. The average Bonchev–Trinajstić information content (AvgIpc) is 2.13. The van der Waals surface area contributed by atoms with E-state index in [1.54, 1.807) is 0 Å². The molecule has 0 fully saturated rings. The second-order valence-electron chi connectivity index (χ2n) is 3.50. The fourth-order valence-corrected chi connectivity index (χ4v) is 1.22. The number of hydrogen-bond donors (Lipinski definition) is 1. The molecule has 0 aromatic rings. The lowest BCUT2D eigenvalue weighted by atomic mass is 10.2. The Morgan fingerprint density at radius 2 is 2.08 bits per heavy atom. The van der Waals surface area contributed by atoms with Gasteiger partial charge in [-0.1, -0.05) is 25.8 Å². The molecule has 78 valence electrons. The summed E-state index contributed by atoms with van der Waals surface area (Å²) in [5.41, 5.74) is 0. The Bertz CT molecular complexity index is 113. The van der Waals surface area contributed by atoms with E-state index >= 15 is 0 Å². The first-order chi connectivity index (χ1) is 6.31. The van der Waals surface area contributed by atoms with Gasteiger partial charge in [0.2, 0.25) is 0 Å². The van der Waals surface area contributed by atoms with Crippen molar-refractivity contribution in [1.82, 2.24) is 10.2 Å². The van der Waals surface area contributed by atoms with Crippen molar-refractivity contribution in [2.75, 3.05) is 33.2 Å². The van der Waals surface area contributed by atoms with Crippen molar-refractivity contribution in [2.45, 2.75) is 26.2 Å². The Kier molecular flexibility index (Phi) is 9.49. The lowest BCUT2D eigenvalue weighted by molar-refractivity contribution is 0.325. The highest BCUT2D eigenvalue weighted by molar-refractivity contribution is 4.69. The van der Waals surface area contributed by atoms with Crippen molar-refractivity contribution >= 4 is 0 Å². The van der Waals surface area contributed by atoms with E-state index in [0.717, 1.165) is 19.6 Å². The molecular weight excluding hydrogens is 160 g/mol. The van der Waals surface area contributed by atoms with Crippen molar-refractivity contribution < 1.29 is 0 Å². The van der Waals surface area contributed by atoms with Gasteiger partial charge in [0.05, 0.1) is 0 Å². The Hall–Kier alpha value is -0.340. The molecule has 0 atom stereocenters. The summed E-state index contributed by atoms with van der Waals surface area (Å²) in [4.78, 5) is 2.38. The number of likely N-dealkylation sites (N-methyl/N-ethyl adjacent to an activating group) is 1. The molecule has 0 rings (SSSR count). The summed E-state index contributed by atoms with van der Waals surface area (Å²) in [6.45, 7) is 10.2. The highest BCUT2D eigenvalue weighted by Gasteiger charge is 1.95. The van der Waals surface area contributed by atoms with E-state index in [0.29, 0.717) is 0 Å². The van der Waals surface area contributed by atoms with E-state index in [4.69, 9.17) is 0 Å². The van der Waals surface area contributed by atoms with Crippen LogP contribution in [-0.2, 0) is 0 Å². The normalized spacial score (nSPS) is 10.7. The zero-order valence-electron chi connectivity index (χ0n) is 9.18. The van der Waals surface area contributed by atoms with Gasteiger partial charge in [-0.25, -0.2) is 0 Å². The third-order valence-electron chi connectivity index (χ3n) is 2.10. The lowest BCUT2D eigenvalue weighted by Gasteiger charge is -2.16. The number of hydrogen-bond acceptors (Lipinski definition) is 2. The van der Waals surface area contributed by atoms with Gasteiger partial charge in [0.25, 0.3) is 0 Å². The monoisotopic (exact) mass is 184 g/mol. The molecule has 0 aliphatic carbocycles. The van der Waals surface area contributed by atoms with E-state index in [1.807, 2.05) is 6.08 Å². The molecule has 0 amide bonds. The van der Waals surface area contributed by atoms with Crippen LogP contribution in [-0.4, -0.2) is 38.1 Å². The third-order valence-corrected chi connectivity index (χ3v) is 2.10. The zero-order chi connectivity index (χ0) is 9.94. The molecule has 1 N–H and O–H groups in total. The van der Waals surface area contributed by atoms with Gasteiger partial charge in [0, 0.05) is 19.6 Å². The summed E-state index contributed by atoms with van der Waals surface area (Å²) < 4.78 is 0. The zero-order valence-corrected chi connectivity index (χ0v) is 9.18. The van der Waals surface area contributed by atoms with Crippen LogP contribution in [0, 0.1) is 0 Å². The first-order valence-corrected chi connectivity index (χ1v) is 5.31. The largest absolute Gasteiger partial charge is 0.312 e. The Labute approximate surface area is 83.0 Å². The van der Waals surface area contributed by atoms with Gasteiger partial charge in [0.1, 0.15) is 0 Å². The molecule has 0 radical (unpaired) electrons. The second-order valence-corrected chi connectivity index (χ2v) is 3.50. The van der Waals surface area contributed by atoms with Crippen LogP contribution in [0.25, 0.3) is 0 Å². The number of nitrogens with one attached hydrogen (secondary N) is 1. The van der Waals surface area contributed by atoms with Crippen molar-refractivity contribution in [3.63, 3.8) is 0 Å². The molecule has 0 aromatic heterocycles. The summed E-state index contributed by atoms with van der Waals surface area (Å²) in [6, 6.07) is 0. The SMILES string of the molecule is C=CCNCCN(C)CCCCC. The Morgan fingerprint density at radius 3 is 2.69 bits per heavy atom. The van der Waals surface area contributed by atoms with Crippen molar-refractivity contribution in [3.05, 3.63) is 12.7 Å². The molecule has 0 saturated carbocycles. The lowest BCUT2D eigenvalue weighted by Crippen LogP contribution is -2.29. The van der Waals surface area contributed by atoms with Gasteiger partial charge in [0.15, 0.2) is 0 Å². The van der Waals surface area contributed by atoms with E-state index in [-0.39, 0.29) is 0 Å². The summed E-state index contributed by atoms with van der Waals surface area (Å²) >= 11 is 0. The summed E-state index contributed by atoms with van der Waals surface area (Å²) in [5.74, 6) is 0. The van der Waals surface area contributed by atoms with Crippen LogP contribution in [0.4, 0.5) is 0 Å². The van der Waals surface area contributed by atoms with Gasteiger partial charge in [-0.2, -0.15) is 0 Å². The van der Waals surface area contributed by atoms with E-state index in [9.17, 15) is 0 Å². The topological polar surface area (TPSA) is 15.3 Å². The molecule has 0 heterocycles. The quantitative estimate of drug-likeness (QED) is 0.435. The fourth-order valence-electron chi connectivity index (χ4n) is 1.22. The molecule has 0 spiro atoms. The molecule has 0 unspecified atom stereocenters. The van der Waals surface area contributed by atoms with Crippen LogP contribution in [0.5, 0.6) is 0 Å². The second kappa shape index (κ2) is 9.75. The van der Waals surface area contributed by atoms with Crippen LogP contribution < -0.4 is 5.32 Å². The Morgan fingerprint density at radius 1 is 1.31 bits per heavy atom. The van der Waals surface area contributed by atoms with Gasteiger partial charge in [-0.15, -0.1) is 6.58 Å². The van der Waals surface area contributed by atoms with Crippen molar-refractivity contribution in [3.8, 4) is 0 Å². The Balaban J connectivity index is 3.09. The van der Waals surface area contributed by atoms with Crippen molar-refractivity contribution in [2.24, 2.45) is 0 Å². The highest BCUT2D eigenvalue weighted by Crippen LogP contribution is 1.95. The molecule has 13 heavy (non-hydrogen) atoms. The number of rotatable bonds is 9. The molecular formula is C11H24N2. The van der Waals surface area contributed by atoms with Crippen LogP contribution in [0.3, 0.4) is 0 Å². The van der Waals surface area contributed by atoms with Crippen LogP contribution >= 0.6 is 0 Å². The first-order valence-electron chi connectivity index (χ1n) is 5.31. The summed E-state index contributed by atoms with van der Waals surface area (Å²) in [6.07, 6.45) is 5.89. The van der Waals surface area contributed by atoms with Gasteiger partial charge in [-0.05, 0) is 20.0 Å². The standard InChI is InChI=1S/C11H24N2/c1-4-6-7-10-13(3)11-9-12-8-5-2/h5,12H,2,4,6-11H2,1,3H3. The van der Waals surface area contributed by atoms with Crippen LogP contribution in [0.2, 0.25) is 0 Å². The third kappa shape index (κ3) is 9.57. The fraction of sp³-hybridized carbons (Fsp3) is 0.818. The minimum atomic E-state index is 0.919. The molecule has 2 heteroatoms. The van der Waals surface area contributed by atoms with E-state index in [2.05, 4.69) is 30.8 Å². The van der Waals surface area contributed by atoms with E-state index in [1.165, 1.54) is 25.8 Å². The maximum Gasteiger partial charge on any atom is 0.0132 e. The van der Waals surface area contributed by atoms with Crippen molar-refractivity contribution in [1.29, 1.82) is 0 Å². The molecule has 0 aromatic carbocycles. The maximum atomic E-state index is 3.66. The number of nitrogens with zero attached hydrogens (tertiary/aromatic N) is 1. The minimum Gasteiger partial charge on any atom is -0.312 e. The smallest absolute Gasteiger partial charge is 0.0132 e.